The average Bonchev–Trinajstić information content (AvgIpc) is 3.82. The maximum Gasteiger partial charge on any atom is 0.223 e. The summed E-state index contributed by atoms with van der Waals surface area (Å²) in [6.07, 6.45) is 3.78. The lowest BCUT2D eigenvalue weighted by Crippen LogP contribution is -2.39. The molecule has 5 atom stereocenters. The van der Waals surface area contributed by atoms with Gasteiger partial charge in [-0.3, -0.25) is 4.90 Å². The Labute approximate surface area is 261 Å². The number of fused-ring (bicyclic) bond motifs is 5. The van der Waals surface area contributed by atoms with Crippen LogP contribution in [0.3, 0.4) is 0 Å². The topological polar surface area (TPSA) is 66.1 Å². The van der Waals surface area contributed by atoms with Crippen molar-refractivity contribution in [3.8, 4) is 23.1 Å². The molecule has 2 bridgehead atoms. The Morgan fingerprint density at radius 3 is 2.73 bits per heavy atom. The maximum atomic E-state index is 17.4. The number of nitriles is 1. The summed E-state index contributed by atoms with van der Waals surface area (Å²) in [6.45, 7) is 6.21. The summed E-state index contributed by atoms with van der Waals surface area (Å²) >= 11 is 0. The molecule has 3 aromatic carbocycles. The number of nitrogens with zero attached hydrogens (tertiary/aromatic N) is 4. The molecule has 1 N–H and O–H groups in total. The summed E-state index contributed by atoms with van der Waals surface area (Å²) in [5, 5.41) is 16.3. The first kappa shape index (κ1) is 28.4. The zero-order valence-corrected chi connectivity index (χ0v) is 25.9. The Hall–Kier alpha value is -4.06. The van der Waals surface area contributed by atoms with Gasteiger partial charge < -0.3 is 14.6 Å². The van der Waals surface area contributed by atoms with Gasteiger partial charge in [-0.15, -0.1) is 0 Å². The molecule has 2 aromatic heterocycles. The van der Waals surface area contributed by atoms with E-state index in [1.54, 1.807) is 6.07 Å². The summed E-state index contributed by atoms with van der Waals surface area (Å²) in [4.78, 5) is 7.30. The Bertz CT molecular complexity index is 2020. The van der Waals surface area contributed by atoms with Crippen LogP contribution in [-0.4, -0.2) is 52.8 Å². The fraction of sp³-hybridized carbons (Fsp3) is 0.405. The van der Waals surface area contributed by atoms with Gasteiger partial charge >= 0.3 is 0 Å². The summed E-state index contributed by atoms with van der Waals surface area (Å²) in [7, 11) is 2.13. The minimum atomic E-state index is -0.463. The molecule has 1 saturated carbocycles. The number of ether oxygens (including phenoxy) is 1. The summed E-state index contributed by atoms with van der Waals surface area (Å²) < 4.78 is 41.0. The highest BCUT2D eigenvalue weighted by molar-refractivity contribution is 6.09. The van der Waals surface area contributed by atoms with Crippen LogP contribution in [0.5, 0.6) is 5.88 Å². The van der Waals surface area contributed by atoms with Crippen LogP contribution in [0.25, 0.3) is 43.7 Å². The molecule has 6 nitrogen and oxygen atoms in total. The van der Waals surface area contributed by atoms with Gasteiger partial charge in [0.15, 0.2) is 5.82 Å². The third kappa shape index (κ3) is 4.43. The molecule has 0 spiro atoms. The van der Waals surface area contributed by atoms with Gasteiger partial charge in [-0.05, 0) is 105 Å². The average molecular weight is 606 g/mol. The SMILES string of the molecule is Cc1cc2c(O[C@@H](C)C3CCCN3C)nc3c(F)c(-c4cccc5ccc(F)cc45)c(CCC#N)cc3c2n1[C@H]1[C@H]2CN[C@@H]1C2. The molecule has 5 heterocycles. The monoisotopic (exact) mass is 605 g/mol. The van der Waals surface area contributed by atoms with Crippen LogP contribution < -0.4 is 10.1 Å². The molecule has 3 aliphatic heterocycles. The van der Waals surface area contributed by atoms with Crippen molar-refractivity contribution in [2.24, 2.45) is 5.92 Å². The van der Waals surface area contributed by atoms with Crippen LogP contribution in [-0.2, 0) is 6.42 Å². The number of likely N-dealkylation sites (tertiary alicyclic amines) is 1. The second-order valence-corrected chi connectivity index (χ2v) is 13.3. The van der Waals surface area contributed by atoms with E-state index in [0.29, 0.717) is 40.8 Å². The van der Waals surface area contributed by atoms with Crippen molar-refractivity contribution in [2.75, 3.05) is 20.1 Å². The number of hydrogen-bond donors (Lipinski definition) is 1. The molecule has 4 fully saturated rings. The molecule has 1 aliphatic carbocycles. The molecule has 45 heavy (non-hydrogen) atoms. The predicted molar refractivity (Wildman–Crippen MR) is 173 cm³/mol. The Morgan fingerprint density at radius 2 is 2.00 bits per heavy atom. The molecule has 230 valence electrons. The van der Waals surface area contributed by atoms with E-state index in [1.165, 1.54) is 12.1 Å². The minimum Gasteiger partial charge on any atom is -0.472 e. The van der Waals surface area contributed by atoms with Crippen LogP contribution in [0.15, 0.2) is 48.5 Å². The number of nitrogens with one attached hydrogen (secondary N) is 1. The molecular formula is C37H37F2N5O. The van der Waals surface area contributed by atoms with E-state index in [2.05, 4.69) is 47.8 Å². The quantitative estimate of drug-likeness (QED) is 0.209. The van der Waals surface area contributed by atoms with Crippen molar-refractivity contribution in [1.82, 2.24) is 19.8 Å². The van der Waals surface area contributed by atoms with Crippen molar-refractivity contribution in [3.05, 3.63) is 71.4 Å². The lowest BCUT2D eigenvalue weighted by atomic mass is 9.79. The standard InChI is InChI=1S/C37H37F2N5O/c1-20-15-29-36(44(20)35-24-17-30(35)41-19-24)28-16-23(8-5-13-40)32(26-9-4-7-22-11-12-25(38)18-27(22)26)33(39)34(28)42-37(29)45-21(2)31-10-6-14-43(31)3/h4,7,9,11-12,15-16,18,21,24,30-31,35,41H,5-6,8,10,14,17,19H2,1-3H3/t21-,24+,30+,31?,35-/m0/s1. The van der Waals surface area contributed by atoms with E-state index >= 15 is 4.39 Å². The fourth-order valence-corrected chi connectivity index (χ4v) is 8.47. The number of halogens is 2. The van der Waals surface area contributed by atoms with Crippen molar-refractivity contribution >= 4 is 32.6 Å². The first-order valence-electron chi connectivity index (χ1n) is 16.2. The van der Waals surface area contributed by atoms with Gasteiger partial charge in [0, 0.05) is 41.7 Å². The number of hydrogen-bond acceptors (Lipinski definition) is 5. The summed E-state index contributed by atoms with van der Waals surface area (Å²) in [5.41, 5.74) is 3.97. The molecule has 4 aliphatic rings. The van der Waals surface area contributed by atoms with E-state index in [9.17, 15) is 9.65 Å². The van der Waals surface area contributed by atoms with E-state index in [4.69, 9.17) is 9.72 Å². The normalized spacial score (nSPS) is 23.6. The summed E-state index contributed by atoms with van der Waals surface area (Å²) in [6, 6.07) is 17.5. The molecule has 5 aromatic rings. The number of benzene rings is 3. The highest BCUT2D eigenvalue weighted by atomic mass is 19.1. The van der Waals surface area contributed by atoms with E-state index in [-0.39, 0.29) is 35.9 Å². The first-order chi connectivity index (χ1) is 21.8. The van der Waals surface area contributed by atoms with Crippen molar-refractivity contribution in [1.29, 1.82) is 5.26 Å². The number of rotatable bonds is 7. The molecule has 8 heteroatoms. The molecule has 1 unspecified atom stereocenters. The van der Waals surface area contributed by atoms with Gasteiger partial charge in [-0.2, -0.15) is 5.26 Å². The Kier molecular flexibility index (Phi) is 6.81. The predicted octanol–water partition coefficient (Wildman–Crippen LogP) is 7.45. The highest BCUT2D eigenvalue weighted by Gasteiger charge is 2.48. The Morgan fingerprint density at radius 1 is 1.13 bits per heavy atom. The number of likely N-dealkylation sites (N-methyl/N-ethyl adjacent to an activating group) is 1. The smallest absolute Gasteiger partial charge is 0.223 e. The summed E-state index contributed by atoms with van der Waals surface area (Å²) in [5.74, 6) is 0.129. The fourth-order valence-electron chi connectivity index (χ4n) is 8.47. The van der Waals surface area contributed by atoms with Gasteiger partial charge in [0.05, 0.1) is 23.0 Å². The lowest BCUT2D eigenvalue weighted by molar-refractivity contribution is 0.119. The van der Waals surface area contributed by atoms with Gasteiger partial charge in [0.25, 0.3) is 0 Å². The van der Waals surface area contributed by atoms with Gasteiger partial charge in [-0.25, -0.2) is 13.8 Å². The molecular weight excluding hydrogens is 568 g/mol. The maximum absolute atomic E-state index is 17.4. The third-order valence-corrected chi connectivity index (χ3v) is 10.7. The first-order valence-corrected chi connectivity index (χ1v) is 16.2. The van der Waals surface area contributed by atoms with Crippen molar-refractivity contribution in [2.45, 2.75) is 70.2 Å². The van der Waals surface area contributed by atoms with Crippen LogP contribution in [0.1, 0.15) is 49.9 Å². The number of pyridine rings is 1. The second kappa shape index (κ2) is 10.8. The third-order valence-electron chi connectivity index (χ3n) is 10.7. The largest absolute Gasteiger partial charge is 0.472 e. The van der Waals surface area contributed by atoms with Crippen molar-refractivity contribution in [3.63, 3.8) is 0 Å². The Balaban J connectivity index is 1.41. The molecule has 0 radical (unpaired) electrons. The van der Waals surface area contributed by atoms with Crippen LogP contribution in [0.2, 0.25) is 0 Å². The van der Waals surface area contributed by atoms with Gasteiger partial charge in [0.1, 0.15) is 17.4 Å². The molecule has 9 rings (SSSR count). The molecule has 3 saturated heterocycles. The second-order valence-electron chi connectivity index (χ2n) is 13.3. The van der Waals surface area contributed by atoms with Crippen molar-refractivity contribution < 1.29 is 13.5 Å². The van der Waals surface area contributed by atoms with E-state index < -0.39 is 5.82 Å². The lowest BCUT2D eigenvalue weighted by Gasteiger charge is -2.37. The van der Waals surface area contributed by atoms with Crippen LogP contribution in [0.4, 0.5) is 8.78 Å². The van der Waals surface area contributed by atoms with E-state index in [0.717, 1.165) is 65.3 Å². The molecule has 0 amide bonds. The zero-order chi connectivity index (χ0) is 31.0. The van der Waals surface area contributed by atoms with E-state index in [1.807, 2.05) is 24.3 Å². The highest BCUT2D eigenvalue weighted by Crippen LogP contribution is 2.49. The number of aryl methyl sites for hydroxylation is 2. The van der Waals surface area contributed by atoms with Crippen LogP contribution in [0, 0.1) is 35.8 Å². The number of aromatic nitrogens is 2. The van der Waals surface area contributed by atoms with Gasteiger partial charge in [0.2, 0.25) is 5.88 Å². The zero-order valence-electron chi connectivity index (χ0n) is 25.9. The minimum absolute atomic E-state index is 0.130. The van der Waals surface area contributed by atoms with Gasteiger partial charge in [-0.1, -0.05) is 24.3 Å². The van der Waals surface area contributed by atoms with Crippen LogP contribution >= 0.6 is 0 Å².